The van der Waals surface area contributed by atoms with Crippen LogP contribution in [-0.2, 0) is 17.8 Å². The Morgan fingerprint density at radius 1 is 1.40 bits per heavy atom. The summed E-state index contributed by atoms with van der Waals surface area (Å²) in [5.41, 5.74) is 8.77. The number of carbonyl (C=O) groups excluding carboxylic acids is 1. The van der Waals surface area contributed by atoms with Crippen LogP contribution in [0.1, 0.15) is 16.2 Å². The molecule has 4 heterocycles. The van der Waals surface area contributed by atoms with Gasteiger partial charge in [-0.1, -0.05) is 11.6 Å². The van der Waals surface area contributed by atoms with E-state index in [4.69, 9.17) is 21.8 Å². The van der Waals surface area contributed by atoms with E-state index < -0.39 is 6.04 Å². The Morgan fingerprint density at radius 2 is 2.27 bits per heavy atom. The topological polar surface area (TPSA) is 119 Å². The Labute approximate surface area is 181 Å². The van der Waals surface area contributed by atoms with E-state index >= 15 is 0 Å². The molecule has 1 amide bonds. The third-order valence-corrected chi connectivity index (χ3v) is 6.06. The molecule has 0 spiro atoms. The van der Waals surface area contributed by atoms with Gasteiger partial charge in [-0.05, 0) is 24.6 Å². The normalized spacial score (nSPS) is 12.1. The second-order valence-corrected chi connectivity index (χ2v) is 8.14. The molecular formula is C20H19ClN6O2S. The molecule has 30 heavy (non-hydrogen) atoms. The molecule has 4 aromatic rings. The third kappa shape index (κ3) is 4.43. The number of hydrogen-bond donors (Lipinski definition) is 3. The molecule has 0 bridgehead atoms. The van der Waals surface area contributed by atoms with Crippen molar-refractivity contribution in [1.82, 2.24) is 15.0 Å². The van der Waals surface area contributed by atoms with Crippen molar-refractivity contribution in [3.8, 4) is 0 Å². The van der Waals surface area contributed by atoms with Crippen molar-refractivity contribution in [3.63, 3.8) is 0 Å². The number of amides is 1. The van der Waals surface area contributed by atoms with Crippen LogP contribution in [0.5, 0.6) is 0 Å². The highest BCUT2D eigenvalue weighted by Gasteiger charge is 2.20. The monoisotopic (exact) mass is 442 g/mol. The molecule has 0 aliphatic carbocycles. The summed E-state index contributed by atoms with van der Waals surface area (Å²) < 4.78 is 6.33. The molecule has 4 aromatic heterocycles. The molecule has 0 saturated heterocycles. The largest absolute Gasteiger partial charge is 0.467 e. The minimum absolute atomic E-state index is 0.325. The van der Waals surface area contributed by atoms with Crippen LogP contribution in [0.25, 0.3) is 10.2 Å². The molecule has 154 valence electrons. The minimum atomic E-state index is -0.742. The fourth-order valence-electron chi connectivity index (χ4n) is 2.99. The van der Waals surface area contributed by atoms with Crippen molar-refractivity contribution >= 4 is 50.6 Å². The molecule has 1 atom stereocenters. The van der Waals surface area contributed by atoms with Gasteiger partial charge in [-0.3, -0.25) is 9.78 Å². The molecule has 4 N–H and O–H groups in total. The van der Waals surface area contributed by atoms with Crippen LogP contribution >= 0.6 is 22.9 Å². The number of carbonyl (C=O) groups is 1. The van der Waals surface area contributed by atoms with E-state index in [0.717, 1.165) is 32.1 Å². The summed E-state index contributed by atoms with van der Waals surface area (Å²) in [6, 6.07) is 4.78. The number of anilines is 2. The predicted octanol–water partition coefficient (Wildman–Crippen LogP) is 3.76. The predicted molar refractivity (Wildman–Crippen MR) is 118 cm³/mol. The molecule has 0 radical (unpaired) electrons. The van der Waals surface area contributed by atoms with Crippen LogP contribution in [0.4, 0.5) is 11.5 Å². The average Bonchev–Trinajstić information content (AvgIpc) is 3.36. The van der Waals surface area contributed by atoms with E-state index in [1.807, 2.05) is 19.1 Å². The smallest absolute Gasteiger partial charge is 0.242 e. The van der Waals surface area contributed by atoms with Crippen molar-refractivity contribution in [2.45, 2.75) is 25.9 Å². The number of hydrogen-bond acceptors (Lipinski definition) is 8. The number of pyridine rings is 1. The molecule has 10 heteroatoms. The lowest BCUT2D eigenvalue weighted by molar-refractivity contribution is -0.117. The number of aromatic nitrogens is 3. The number of thiophene rings is 1. The van der Waals surface area contributed by atoms with E-state index in [1.165, 1.54) is 18.6 Å². The molecule has 4 rings (SSSR count). The SMILES string of the molecule is Cc1c(C[C@@H](N)C(=O)Nc2cnccn2)sc2c(NCc3ccco3)cc(Cl)nc12. The molecule has 0 aliphatic heterocycles. The van der Waals surface area contributed by atoms with Crippen molar-refractivity contribution in [3.05, 3.63) is 64.4 Å². The van der Waals surface area contributed by atoms with Crippen LogP contribution in [0.15, 0.2) is 47.5 Å². The maximum atomic E-state index is 12.4. The Hall–Kier alpha value is -3.01. The van der Waals surface area contributed by atoms with Gasteiger partial charge in [0.15, 0.2) is 5.82 Å². The van der Waals surface area contributed by atoms with Crippen molar-refractivity contribution < 1.29 is 9.21 Å². The van der Waals surface area contributed by atoms with Crippen LogP contribution in [0, 0.1) is 6.92 Å². The Bertz CT molecular complexity index is 1160. The number of nitrogens with zero attached hydrogens (tertiary/aromatic N) is 3. The second kappa shape index (κ2) is 8.78. The lowest BCUT2D eigenvalue weighted by atomic mass is 10.1. The van der Waals surface area contributed by atoms with Gasteiger partial charge in [-0.2, -0.15) is 0 Å². The van der Waals surface area contributed by atoms with Crippen molar-refractivity contribution in [2.24, 2.45) is 5.73 Å². The van der Waals surface area contributed by atoms with Crippen molar-refractivity contribution in [1.29, 1.82) is 0 Å². The van der Waals surface area contributed by atoms with Gasteiger partial charge in [0.25, 0.3) is 0 Å². The van der Waals surface area contributed by atoms with E-state index in [-0.39, 0.29) is 5.91 Å². The summed E-state index contributed by atoms with van der Waals surface area (Å²) >= 11 is 7.79. The quantitative estimate of drug-likeness (QED) is 0.373. The highest BCUT2D eigenvalue weighted by Crippen LogP contribution is 2.37. The third-order valence-electron chi connectivity index (χ3n) is 4.53. The Balaban J connectivity index is 1.54. The summed E-state index contributed by atoms with van der Waals surface area (Å²) in [7, 11) is 0. The first-order valence-electron chi connectivity index (χ1n) is 9.18. The minimum Gasteiger partial charge on any atom is -0.467 e. The Kier molecular flexibility index (Phi) is 5.93. The van der Waals surface area contributed by atoms with Gasteiger partial charge in [-0.15, -0.1) is 11.3 Å². The summed E-state index contributed by atoms with van der Waals surface area (Å²) in [5, 5.41) is 6.42. The molecule has 8 nitrogen and oxygen atoms in total. The maximum absolute atomic E-state index is 12.4. The lowest BCUT2D eigenvalue weighted by Crippen LogP contribution is -2.37. The van der Waals surface area contributed by atoms with Crippen LogP contribution in [0.3, 0.4) is 0 Å². The zero-order chi connectivity index (χ0) is 21.1. The summed E-state index contributed by atoms with van der Waals surface area (Å²) in [6.45, 7) is 2.48. The first-order chi connectivity index (χ1) is 14.5. The van der Waals surface area contributed by atoms with Crippen LogP contribution in [-0.4, -0.2) is 26.9 Å². The first-order valence-corrected chi connectivity index (χ1v) is 10.4. The van der Waals surface area contributed by atoms with E-state index in [0.29, 0.717) is 23.9 Å². The molecule has 0 saturated carbocycles. The van der Waals surface area contributed by atoms with Crippen LogP contribution in [0.2, 0.25) is 5.15 Å². The standard InChI is InChI=1S/C20H19ClN6O2S/c1-11-15(7-13(22)20(28)27-17-10-23-4-5-24-17)30-19-14(8-16(21)26-18(11)19)25-9-12-3-2-6-29-12/h2-6,8,10,13H,7,9,22H2,1H3,(H,25,26)(H,24,27,28)/t13-/m1/s1. The van der Waals surface area contributed by atoms with Gasteiger partial charge in [0.2, 0.25) is 5.91 Å². The highest BCUT2D eigenvalue weighted by molar-refractivity contribution is 7.19. The number of halogens is 1. The fraction of sp³-hybridized carbons (Fsp3) is 0.200. The molecule has 0 aliphatic rings. The van der Waals surface area contributed by atoms with E-state index in [1.54, 1.807) is 23.7 Å². The van der Waals surface area contributed by atoms with Gasteiger partial charge >= 0.3 is 0 Å². The maximum Gasteiger partial charge on any atom is 0.242 e. The van der Waals surface area contributed by atoms with E-state index in [9.17, 15) is 4.79 Å². The second-order valence-electron chi connectivity index (χ2n) is 6.64. The summed E-state index contributed by atoms with van der Waals surface area (Å²) in [6.07, 6.45) is 6.51. The Morgan fingerprint density at radius 3 is 3.00 bits per heavy atom. The van der Waals surface area contributed by atoms with Gasteiger partial charge in [-0.25, -0.2) is 9.97 Å². The molecule has 0 unspecified atom stereocenters. The summed E-state index contributed by atoms with van der Waals surface area (Å²) in [4.78, 5) is 25.9. The molecule has 0 fully saturated rings. The number of nitrogens with one attached hydrogen (secondary N) is 2. The van der Waals surface area contributed by atoms with Gasteiger partial charge in [0, 0.05) is 29.8 Å². The first kappa shape index (κ1) is 20.3. The lowest BCUT2D eigenvalue weighted by Gasteiger charge is -2.11. The average molecular weight is 443 g/mol. The number of aryl methyl sites for hydroxylation is 1. The van der Waals surface area contributed by atoms with Gasteiger partial charge in [0.05, 0.1) is 41.0 Å². The van der Waals surface area contributed by atoms with Crippen LogP contribution < -0.4 is 16.4 Å². The summed E-state index contributed by atoms with van der Waals surface area (Å²) in [5.74, 6) is 0.852. The molecular weight excluding hydrogens is 424 g/mol. The zero-order valence-electron chi connectivity index (χ0n) is 16.1. The fourth-order valence-corrected chi connectivity index (χ4v) is 4.48. The van der Waals surface area contributed by atoms with Gasteiger partial charge in [0.1, 0.15) is 10.9 Å². The zero-order valence-corrected chi connectivity index (χ0v) is 17.6. The number of nitrogens with two attached hydrogens (primary N) is 1. The van der Waals surface area contributed by atoms with Crippen molar-refractivity contribution in [2.75, 3.05) is 10.6 Å². The molecule has 0 aromatic carbocycles. The number of furan rings is 1. The van der Waals surface area contributed by atoms with Gasteiger partial charge < -0.3 is 20.8 Å². The highest BCUT2D eigenvalue weighted by atomic mass is 35.5. The number of rotatable bonds is 7. The van der Waals surface area contributed by atoms with E-state index in [2.05, 4.69) is 25.6 Å². The number of fused-ring (bicyclic) bond motifs is 1.